The minimum atomic E-state index is -3.78. The van der Waals surface area contributed by atoms with Gasteiger partial charge in [-0.3, -0.25) is 14.4 Å². The Labute approximate surface area is 184 Å². The number of amides is 2. The number of sulfonamides is 1. The molecule has 1 saturated heterocycles. The lowest BCUT2D eigenvalue weighted by molar-refractivity contribution is -0.114. The molecule has 2 amide bonds. The number of anilines is 1. The summed E-state index contributed by atoms with van der Waals surface area (Å²) < 4.78 is 46.4. The van der Waals surface area contributed by atoms with E-state index in [0.29, 0.717) is 13.1 Å². The molecule has 170 valence electrons. The van der Waals surface area contributed by atoms with E-state index in [4.69, 9.17) is 10.5 Å². The predicted octanol–water partition coefficient (Wildman–Crippen LogP) is 1.93. The Morgan fingerprint density at radius 2 is 1.78 bits per heavy atom. The molecule has 0 aromatic heterocycles. The Hall–Kier alpha value is -3.31. The molecule has 11 heteroatoms. The molecule has 1 heterocycles. The fourth-order valence-electron chi connectivity index (χ4n) is 3.31. The topological polar surface area (TPSA) is 136 Å². The maximum atomic E-state index is 14.2. The average molecular weight is 463 g/mol. The SMILES string of the molecule is CC(=O)Nc1ccc(C(=O)COc2ccc(S(=O)(=O)N3CCCC3)cc2C(N)=O)c(F)c1. The number of rotatable bonds is 8. The van der Waals surface area contributed by atoms with Gasteiger partial charge < -0.3 is 15.8 Å². The van der Waals surface area contributed by atoms with Crippen LogP contribution in [-0.4, -0.2) is 50.0 Å². The number of carbonyl (C=O) groups excluding carboxylic acids is 3. The van der Waals surface area contributed by atoms with Crippen LogP contribution in [0.3, 0.4) is 0 Å². The molecule has 0 aliphatic carbocycles. The standard InChI is InChI=1S/C21H22FN3O6S/c1-13(26)24-14-4-6-16(18(22)10-14)19(27)12-31-20-7-5-15(11-17(20)21(23)28)32(29,30)25-8-2-3-9-25/h4-7,10-11H,2-3,8-9,12H2,1H3,(H2,23,28)(H,24,26). The Kier molecular flexibility index (Phi) is 6.90. The molecule has 2 aromatic carbocycles. The zero-order valence-corrected chi connectivity index (χ0v) is 18.1. The van der Waals surface area contributed by atoms with E-state index in [-0.39, 0.29) is 33.4 Å². The number of hydrogen-bond donors (Lipinski definition) is 2. The summed E-state index contributed by atoms with van der Waals surface area (Å²) in [6, 6.07) is 7.19. The van der Waals surface area contributed by atoms with Crippen molar-refractivity contribution in [3.63, 3.8) is 0 Å². The Morgan fingerprint density at radius 1 is 1.09 bits per heavy atom. The highest BCUT2D eigenvalue weighted by Crippen LogP contribution is 2.27. The van der Waals surface area contributed by atoms with Gasteiger partial charge in [-0.25, -0.2) is 12.8 Å². The summed E-state index contributed by atoms with van der Waals surface area (Å²) in [7, 11) is -3.78. The highest BCUT2D eigenvalue weighted by molar-refractivity contribution is 7.89. The van der Waals surface area contributed by atoms with Crippen molar-refractivity contribution in [1.29, 1.82) is 0 Å². The normalized spacial score (nSPS) is 14.2. The van der Waals surface area contributed by atoms with Crippen LogP contribution in [0.25, 0.3) is 0 Å². The van der Waals surface area contributed by atoms with Crippen molar-refractivity contribution in [3.8, 4) is 5.75 Å². The molecule has 0 bridgehead atoms. The van der Waals surface area contributed by atoms with E-state index in [0.717, 1.165) is 25.0 Å². The number of benzene rings is 2. The van der Waals surface area contributed by atoms with Crippen molar-refractivity contribution >= 4 is 33.3 Å². The number of nitrogens with one attached hydrogen (secondary N) is 1. The van der Waals surface area contributed by atoms with Crippen LogP contribution in [-0.2, 0) is 14.8 Å². The average Bonchev–Trinajstić information content (AvgIpc) is 3.27. The Morgan fingerprint density at radius 3 is 2.38 bits per heavy atom. The summed E-state index contributed by atoms with van der Waals surface area (Å²) in [6.07, 6.45) is 1.52. The van der Waals surface area contributed by atoms with E-state index in [1.165, 1.54) is 35.5 Å². The van der Waals surface area contributed by atoms with E-state index in [1.807, 2.05) is 0 Å². The van der Waals surface area contributed by atoms with Gasteiger partial charge in [0.05, 0.1) is 16.0 Å². The summed E-state index contributed by atoms with van der Waals surface area (Å²) in [5.41, 5.74) is 5.09. The van der Waals surface area contributed by atoms with Gasteiger partial charge in [0.1, 0.15) is 11.6 Å². The fraction of sp³-hybridized carbons (Fsp3) is 0.286. The van der Waals surface area contributed by atoms with Crippen molar-refractivity contribution in [1.82, 2.24) is 4.31 Å². The van der Waals surface area contributed by atoms with E-state index in [9.17, 15) is 27.2 Å². The van der Waals surface area contributed by atoms with Gasteiger partial charge in [-0.2, -0.15) is 4.31 Å². The molecule has 3 rings (SSSR count). The van der Waals surface area contributed by atoms with Crippen LogP contribution in [0, 0.1) is 5.82 Å². The summed E-state index contributed by atoms with van der Waals surface area (Å²) >= 11 is 0. The Balaban J connectivity index is 1.78. The van der Waals surface area contributed by atoms with Crippen molar-refractivity contribution in [2.45, 2.75) is 24.7 Å². The van der Waals surface area contributed by atoms with Crippen LogP contribution in [0.1, 0.15) is 40.5 Å². The molecule has 0 spiro atoms. The van der Waals surface area contributed by atoms with Gasteiger partial charge in [0, 0.05) is 25.7 Å². The van der Waals surface area contributed by atoms with Gasteiger partial charge >= 0.3 is 0 Å². The van der Waals surface area contributed by atoms with Crippen molar-refractivity contribution in [3.05, 3.63) is 53.3 Å². The smallest absolute Gasteiger partial charge is 0.252 e. The summed E-state index contributed by atoms with van der Waals surface area (Å²) in [5.74, 6) is -2.99. The molecule has 2 aromatic rings. The summed E-state index contributed by atoms with van der Waals surface area (Å²) in [5, 5.41) is 2.40. The number of carbonyl (C=O) groups is 3. The van der Waals surface area contributed by atoms with Crippen LogP contribution in [0.15, 0.2) is 41.3 Å². The molecule has 1 fully saturated rings. The van der Waals surface area contributed by atoms with Crippen LogP contribution < -0.4 is 15.8 Å². The molecular formula is C21H22FN3O6S. The van der Waals surface area contributed by atoms with Gasteiger partial charge in [-0.15, -0.1) is 0 Å². The van der Waals surface area contributed by atoms with Gasteiger partial charge in [-0.05, 0) is 49.2 Å². The van der Waals surface area contributed by atoms with Gasteiger partial charge in [0.25, 0.3) is 5.91 Å². The predicted molar refractivity (Wildman–Crippen MR) is 113 cm³/mol. The van der Waals surface area contributed by atoms with Crippen LogP contribution in [0.5, 0.6) is 5.75 Å². The maximum absolute atomic E-state index is 14.2. The first-order valence-electron chi connectivity index (χ1n) is 9.76. The second-order valence-corrected chi connectivity index (χ2v) is 9.16. The molecule has 0 radical (unpaired) electrons. The lowest BCUT2D eigenvalue weighted by Crippen LogP contribution is -2.28. The third kappa shape index (κ3) is 5.11. The largest absolute Gasteiger partial charge is 0.485 e. The third-order valence-corrected chi connectivity index (χ3v) is 6.76. The van der Waals surface area contributed by atoms with Crippen LogP contribution >= 0.6 is 0 Å². The number of ketones is 1. The minimum Gasteiger partial charge on any atom is -0.485 e. The molecule has 3 N–H and O–H groups in total. The van der Waals surface area contributed by atoms with Crippen LogP contribution in [0.4, 0.5) is 10.1 Å². The summed E-state index contributed by atoms with van der Waals surface area (Å²) in [4.78, 5) is 35.2. The molecule has 0 unspecified atom stereocenters. The molecule has 1 aliphatic rings. The first kappa shape index (κ1) is 23.4. The number of primary amides is 1. The highest BCUT2D eigenvalue weighted by Gasteiger charge is 2.28. The summed E-state index contributed by atoms with van der Waals surface area (Å²) in [6.45, 7) is 1.44. The van der Waals surface area contributed by atoms with E-state index in [2.05, 4.69) is 5.32 Å². The molecule has 32 heavy (non-hydrogen) atoms. The van der Waals surface area contributed by atoms with E-state index >= 15 is 0 Å². The van der Waals surface area contributed by atoms with Gasteiger partial charge in [-0.1, -0.05) is 0 Å². The molecule has 1 aliphatic heterocycles. The zero-order valence-electron chi connectivity index (χ0n) is 17.3. The molecular weight excluding hydrogens is 441 g/mol. The quantitative estimate of drug-likeness (QED) is 0.574. The second-order valence-electron chi connectivity index (χ2n) is 7.22. The van der Waals surface area contributed by atoms with Crippen molar-refractivity contribution in [2.24, 2.45) is 5.73 Å². The van der Waals surface area contributed by atoms with E-state index in [1.54, 1.807) is 0 Å². The number of halogens is 1. The first-order chi connectivity index (χ1) is 15.1. The number of ether oxygens (including phenoxy) is 1. The maximum Gasteiger partial charge on any atom is 0.252 e. The Bertz CT molecular complexity index is 1180. The zero-order chi connectivity index (χ0) is 23.5. The molecule has 0 atom stereocenters. The van der Waals surface area contributed by atoms with Crippen molar-refractivity contribution in [2.75, 3.05) is 25.0 Å². The molecule has 0 saturated carbocycles. The van der Waals surface area contributed by atoms with Gasteiger partial charge in [0.15, 0.2) is 6.61 Å². The number of nitrogens with two attached hydrogens (primary N) is 1. The van der Waals surface area contributed by atoms with Gasteiger partial charge in [0.2, 0.25) is 21.7 Å². The third-order valence-electron chi connectivity index (χ3n) is 4.87. The lowest BCUT2D eigenvalue weighted by Gasteiger charge is -2.17. The highest BCUT2D eigenvalue weighted by atomic mass is 32.2. The second kappa shape index (κ2) is 9.45. The minimum absolute atomic E-state index is 0.0958. The number of nitrogens with zero attached hydrogens (tertiary/aromatic N) is 1. The van der Waals surface area contributed by atoms with E-state index < -0.39 is 34.1 Å². The number of hydrogen-bond acceptors (Lipinski definition) is 6. The molecule has 9 nitrogen and oxygen atoms in total. The first-order valence-corrected chi connectivity index (χ1v) is 11.2. The monoisotopic (exact) mass is 463 g/mol. The van der Waals surface area contributed by atoms with Crippen LogP contribution in [0.2, 0.25) is 0 Å². The van der Waals surface area contributed by atoms with Crippen molar-refractivity contribution < 1.29 is 31.9 Å². The number of Topliss-reactive ketones (excluding diaryl/α,β-unsaturated/α-hetero) is 1. The fourth-order valence-corrected chi connectivity index (χ4v) is 4.85. The lowest BCUT2D eigenvalue weighted by atomic mass is 10.1.